The summed E-state index contributed by atoms with van der Waals surface area (Å²) in [6.07, 6.45) is 0. The van der Waals surface area contributed by atoms with Crippen molar-refractivity contribution in [3.8, 4) is 16.8 Å². The fourth-order valence-electron chi connectivity index (χ4n) is 6.91. The Labute approximate surface area is 222 Å². The van der Waals surface area contributed by atoms with Crippen molar-refractivity contribution < 1.29 is 4.42 Å². The van der Waals surface area contributed by atoms with Gasteiger partial charge in [0.2, 0.25) is 0 Å². The lowest BCUT2D eigenvalue weighted by Crippen LogP contribution is -2.43. The molecule has 5 aromatic carbocycles. The van der Waals surface area contributed by atoms with Crippen LogP contribution in [0.3, 0.4) is 0 Å². The van der Waals surface area contributed by atoms with Crippen LogP contribution in [0.15, 0.2) is 108 Å². The van der Waals surface area contributed by atoms with Crippen LogP contribution in [-0.4, -0.2) is 4.57 Å². The van der Waals surface area contributed by atoms with Crippen molar-refractivity contribution in [1.29, 1.82) is 0 Å². The fraction of sp³-hybridized carbons (Fsp3) is 0.167. The number of para-hydroxylation sites is 3. The molecule has 0 atom stereocenters. The molecule has 1 aliphatic carbocycles. The van der Waals surface area contributed by atoms with Crippen LogP contribution in [0.25, 0.3) is 60.6 Å². The van der Waals surface area contributed by atoms with Crippen molar-refractivity contribution in [3.63, 3.8) is 0 Å². The first-order chi connectivity index (χ1) is 18.4. The Kier molecular flexibility index (Phi) is 4.10. The molecule has 8 rings (SSSR count). The molecule has 0 radical (unpaired) electrons. The smallest absolute Gasteiger partial charge is 0.159 e. The van der Waals surface area contributed by atoms with E-state index in [9.17, 15) is 0 Å². The van der Waals surface area contributed by atoms with Crippen molar-refractivity contribution in [2.75, 3.05) is 0 Å². The highest BCUT2D eigenvalue weighted by molar-refractivity contribution is 6.15. The Hall–Kier alpha value is -4.30. The number of benzene rings is 5. The molecule has 38 heavy (non-hydrogen) atoms. The fourth-order valence-corrected chi connectivity index (χ4v) is 6.91. The molecule has 7 aromatic rings. The second-order valence-corrected chi connectivity index (χ2v) is 11.8. The molecule has 0 saturated carbocycles. The lowest BCUT2D eigenvalue weighted by molar-refractivity contribution is 0.299. The normalized spacial score (nSPS) is 15.8. The zero-order valence-corrected chi connectivity index (χ0v) is 22.2. The third-order valence-electron chi connectivity index (χ3n) is 9.57. The lowest BCUT2D eigenvalue weighted by atomic mass is 9.55. The van der Waals surface area contributed by atoms with E-state index in [1.807, 2.05) is 0 Å². The minimum atomic E-state index is -0.0560. The summed E-state index contributed by atoms with van der Waals surface area (Å²) in [5.41, 5.74) is 10.6. The van der Waals surface area contributed by atoms with Gasteiger partial charge in [0.05, 0.1) is 16.7 Å². The van der Waals surface area contributed by atoms with E-state index in [1.54, 1.807) is 0 Å². The van der Waals surface area contributed by atoms with E-state index in [2.05, 4.69) is 135 Å². The maximum Gasteiger partial charge on any atom is 0.159 e. The van der Waals surface area contributed by atoms with Crippen LogP contribution in [0.1, 0.15) is 38.8 Å². The van der Waals surface area contributed by atoms with Crippen LogP contribution in [0.5, 0.6) is 0 Å². The topological polar surface area (TPSA) is 18.1 Å². The quantitative estimate of drug-likeness (QED) is 0.223. The standard InChI is InChI=1S/C36H29NO/c1-35(2)27-16-8-5-14-26(27)32-28(36(35,3)4)21-20-25-24-15-11-19-31(33(24)38-34(25)32)37-29-17-9-6-12-22(29)23-13-7-10-18-30(23)37/h5-21H,1-4H3. The van der Waals surface area contributed by atoms with Gasteiger partial charge in [-0.1, -0.05) is 113 Å². The van der Waals surface area contributed by atoms with E-state index in [0.717, 1.165) is 22.2 Å². The summed E-state index contributed by atoms with van der Waals surface area (Å²) in [5.74, 6) is 0. The minimum Gasteiger partial charge on any atom is -0.453 e. The molecule has 0 N–H and O–H groups in total. The molecule has 0 aliphatic heterocycles. The average molecular weight is 492 g/mol. The lowest BCUT2D eigenvalue weighted by Gasteiger charge is -2.48. The monoisotopic (exact) mass is 491 g/mol. The van der Waals surface area contributed by atoms with Gasteiger partial charge in [0.15, 0.2) is 5.58 Å². The predicted octanol–water partition coefficient (Wildman–Crippen LogP) is 9.92. The van der Waals surface area contributed by atoms with Gasteiger partial charge >= 0.3 is 0 Å². The van der Waals surface area contributed by atoms with E-state index in [-0.39, 0.29) is 10.8 Å². The Balaban J connectivity index is 1.52. The van der Waals surface area contributed by atoms with Gasteiger partial charge in [0.1, 0.15) is 5.58 Å². The van der Waals surface area contributed by atoms with E-state index < -0.39 is 0 Å². The molecule has 2 heterocycles. The highest BCUT2D eigenvalue weighted by Gasteiger charge is 2.46. The molecule has 2 heteroatoms. The summed E-state index contributed by atoms with van der Waals surface area (Å²) >= 11 is 0. The van der Waals surface area contributed by atoms with Gasteiger partial charge in [-0.2, -0.15) is 0 Å². The SMILES string of the molecule is CC1(C)c2ccccc2-c2c(ccc3c2oc2c(-n4c5ccccc5c5ccccc54)cccc23)C1(C)C. The Morgan fingerprint density at radius 3 is 1.82 bits per heavy atom. The molecule has 0 bridgehead atoms. The van der Waals surface area contributed by atoms with E-state index in [0.29, 0.717) is 0 Å². The number of nitrogens with zero attached hydrogens (tertiary/aromatic N) is 1. The second kappa shape index (κ2) is 7.17. The van der Waals surface area contributed by atoms with Crippen molar-refractivity contribution in [3.05, 3.63) is 114 Å². The highest BCUT2D eigenvalue weighted by Crippen LogP contribution is 2.56. The molecule has 0 spiro atoms. The van der Waals surface area contributed by atoms with Crippen molar-refractivity contribution in [2.24, 2.45) is 0 Å². The maximum absolute atomic E-state index is 7.00. The minimum absolute atomic E-state index is 0.00951. The first-order valence-corrected chi connectivity index (χ1v) is 13.5. The number of aromatic nitrogens is 1. The number of hydrogen-bond acceptors (Lipinski definition) is 1. The van der Waals surface area contributed by atoms with Crippen LogP contribution in [0.2, 0.25) is 0 Å². The molecule has 184 valence electrons. The maximum atomic E-state index is 7.00. The summed E-state index contributed by atoms with van der Waals surface area (Å²) in [6, 6.07) is 37.4. The van der Waals surface area contributed by atoms with Crippen LogP contribution in [-0.2, 0) is 10.8 Å². The summed E-state index contributed by atoms with van der Waals surface area (Å²) in [6.45, 7) is 9.50. The molecule has 1 aliphatic rings. The summed E-state index contributed by atoms with van der Waals surface area (Å²) in [7, 11) is 0. The number of furan rings is 1. The van der Waals surface area contributed by atoms with Gasteiger partial charge in [0.25, 0.3) is 0 Å². The predicted molar refractivity (Wildman–Crippen MR) is 160 cm³/mol. The van der Waals surface area contributed by atoms with Gasteiger partial charge in [-0.05, 0) is 45.7 Å². The summed E-state index contributed by atoms with van der Waals surface area (Å²) < 4.78 is 9.37. The summed E-state index contributed by atoms with van der Waals surface area (Å²) in [5, 5.41) is 4.84. The first-order valence-electron chi connectivity index (χ1n) is 13.5. The third-order valence-corrected chi connectivity index (χ3v) is 9.57. The zero-order valence-electron chi connectivity index (χ0n) is 22.2. The molecule has 0 unspecified atom stereocenters. The van der Waals surface area contributed by atoms with Gasteiger partial charge in [0, 0.05) is 27.1 Å². The largest absolute Gasteiger partial charge is 0.453 e. The van der Waals surface area contributed by atoms with Crippen LogP contribution in [0, 0.1) is 0 Å². The van der Waals surface area contributed by atoms with Crippen molar-refractivity contribution in [2.45, 2.75) is 38.5 Å². The van der Waals surface area contributed by atoms with E-state index in [4.69, 9.17) is 4.42 Å². The van der Waals surface area contributed by atoms with Crippen LogP contribution < -0.4 is 0 Å². The Morgan fingerprint density at radius 2 is 1.08 bits per heavy atom. The van der Waals surface area contributed by atoms with Gasteiger partial charge in [-0.25, -0.2) is 0 Å². The molecule has 0 fully saturated rings. The molecular formula is C36H29NO. The Bertz CT molecular complexity index is 2030. The molecule has 2 nitrogen and oxygen atoms in total. The molecule has 0 saturated heterocycles. The van der Waals surface area contributed by atoms with Crippen LogP contribution >= 0.6 is 0 Å². The second-order valence-electron chi connectivity index (χ2n) is 11.8. The van der Waals surface area contributed by atoms with Crippen LogP contribution in [0.4, 0.5) is 0 Å². The Morgan fingerprint density at radius 1 is 0.500 bits per heavy atom. The van der Waals surface area contributed by atoms with E-state index >= 15 is 0 Å². The average Bonchev–Trinajstić information content (AvgIpc) is 3.48. The van der Waals surface area contributed by atoms with E-state index in [1.165, 1.54) is 49.4 Å². The molecule has 2 aromatic heterocycles. The number of rotatable bonds is 1. The third kappa shape index (κ3) is 2.53. The number of hydrogen-bond donors (Lipinski definition) is 0. The van der Waals surface area contributed by atoms with Crippen molar-refractivity contribution in [1.82, 2.24) is 4.57 Å². The summed E-state index contributed by atoms with van der Waals surface area (Å²) in [4.78, 5) is 0. The van der Waals surface area contributed by atoms with Crippen molar-refractivity contribution >= 4 is 43.7 Å². The number of fused-ring (bicyclic) bond motifs is 10. The molecular weight excluding hydrogens is 462 g/mol. The van der Waals surface area contributed by atoms with Gasteiger partial charge in [-0.15, -0.1) is 0 Å². The van der Waals surface area contributed by atoms with Gasteiger partial charge < -0.3 is 8.98 Å². The highest BCUT2D eigenvalue weighted by atomic mass is 16.3. The molecule has 0 amide bonds. The zero-order chi connectivity index (χ0) is 25.8. The van der Waals surface area contributed by atoms with Gasteiger partial charge in [-0.3, -0.25) is 0 Å². The first kappa shape index (κ1) is 21.8.